The quantitative estimate of drug-likeness (QED) is 0.647. The molecule has 132 valence electrons. The SMILES string of the molecule is Cc1ccc(-c2c(C)nn3c(NCCOCCO)cc(C)nc23)cc1. The molecule has 0 aliphatic carbocycles. The van der Waals surface area contributed by atoms with Gasteiger partial charge >= 0.3 is 0 Å². The predicted molar refractivity (Wildman–Crippen MR) is 99.0 cm³/mol. The lowest BCUT2D eigenvalue weighted by molar-refractivity contribution is 0.0991. The smallest absolute Gasteiger partial charge is 0.165 e. The van der Waals surface area contributed by atoms with Crippen molar-refractivity contribution < 1.29 is 9.84 Å². The molecule has 0 saturated heterocycles. The summed E-state index contributed by atoms with van der Waals surface area (Å²) in [5.74, 6) is 0.886. The minimum atomic E-state index is 0.0386. The molecule has 6 heteroatoms. The average molecular weight is 340 g/mol. The van der Waals surface area contributed by atoms with Crippen molar-refractivity contribution in [2.24, 2.45) is 0 Å². The highest BCUT2D eigenvalue weighted by atomic mass is 16.5. The molecule has 0 atom stereocenters. The first-order valence-corrected chi connectivity index (χ1v) is 8.46. The Morgan fingerprint density at radius 2 is 1.88 bits per heavy atom. The maximum atomic E-state index is 8.75. The number of hydrogen-bond donors (Lipinski definition) is 2. The third-order valence-electron chi connectivity index (χ3n) is 4.02. The summed E-state index contributed by atoms with van der Waals surface area (Å²) in [4.78, 5) is 4.71. The topological polar surface area (TPSA) is 71.7 Å². The second-order valence-electron chi connectivity index (χ2n) is 6.11. The fraction of sp³-hybridized carbons (Fsp3) is 0.368. The molecule has 2 aromatic heterocycles. The average Bonchev–Trinajstić information content (AvgIpc) is 2.91. The van der Waals surface area contributed by atoms with Crippen LogP contribution in [0.5, 0.6) is 0 Å². The Morgan fingerprint density at radius 1 is 1.12 bits per heavy atom. The predicted octanol–water partition coefficient (Wildman–Crippen LogP) is 2.74. The third-order valence-corrected chi connectivity index (χ3v) is 4.02. The molecular weight excluding hydrogens is 316 g/mol. The minimum absolute atomic E-state index is 0.0386. The van der Waals surface area contributed by atoms with E-state index in [0.29, 0.717) is 19.8 Å². The number of aromatic nitrogens is 3. The molecule has 0 amide bonds. The molecule has 0 aliphatic rings. The molecule has 0 fully saturated rings. The van der Waals surface area contributed by atoms with Crippen molar-refractivity contribution in [3.05, 3.63) is 47.3 Å². The van der Waals surface area contributed by atoms with E-state index in [1.807, 2.05) is 24.4 Å². The van der Waals surface area contributed by atoms with Gasteiger partial charge in [-0.15, -0.1) is 0 Å². The van der Waals surface area contributed by atoms with E-state index in [9.17, 15) is 0 Å². The zero-order valence-corrected chi connectivity index (χ0v) is 14.9. The van der Waals surface area contributed by atoms with Crippen LogP contribution in [-0.4, -0.2) is 46.1 Å². The van der Waals surface area contributed by atoms with Crippen molar-refractivity contribution in [2.45, 2.75) is 20.8 Å². The molecule has 2 N–H and O–H groups in total. The van der Waals surface area contributed by atoms with Crippen LogP contribution in [0.1, 0.15) is 17.0 Å². The Balaban J connectivity index is 1.95. The molecule has 0 saturated carbocycles. The van der Waals surface area contributed by atoms with Gasteiger partial charge in [-0.3, -0.25) is 0 Å². The fourth-order valence-electron chi connectivity index (χ4n) is 2.85. The van der Waals surface area contributed by atoms with Crippen LogP contribution in [0.15, 0.2) is 30.3 Å². The normalized spacial score (nSPS) is 11.2. The summed E-state index contributed by atoms with van der Waals surface area (Å²) in [5, 5.41) is 16.8. The molecule has 0 aliphatic heterocycles. The summed E-state index contributed by atoms with van der Waals surface area (Å²) in [6.07, 6.45) is 0. The van der Waals surface area contributed by atoms with Gasteiger partial charge in [0.2, 0.25) is 0 Å². The van der Waals surface area contributed by atoms with E-state index in [-0.39, 0.29) is 6.61 Å². The van der Waals surface area contributed by atoms with Gasteiger partial charge < -0.3 is 15.2 Å². The van der Waals surface area contributed by atoms with Gasteiger partial charge in [-0.1, -0.05) is 29.8 Å². The third kappa shape index (κ3) is 3.81. The number of aliphatic hydroxyl groups excluding tert-OH is 1. The van der Waals surface area contributed by atoms with Crippen LogP contribution in [-0.2, 0) is 4.74 Å². The van der Waals surface area contributed by atoms with E-state index in [1.54, 1.807) is 0 Å². The molecule has 1 aromatic carbocycles. The Morgan fingerprint density at radius 3 is 2.60 bits per heavy atom. The van der Waals surface area contributed by atoms with Crippen molar-refractivity contribution in [1.82, 2.24) is 14.6 Å². The Hall–Kier alpha value is -2.44. The maximum Gasteiger partial charge on any atom is 0.165 e. The number of aliphatic hydroxyl groups is 1. The van der Waals surface area contributed by atoms with Gasteiger partial charge in [0.1, 0.15) is 5.82 Å². The van der Waals surface area contributed by atoms with Gasteiger partial charge in [0.15, 0.2) is 5.65 Å². The number of ether oxygens (including phenoxy) is 1. The zero-order chi connectivity index (χ0) is 17.8. The van der Waals surface area contributed by atoms with Crippen molar-refractivity contribution >= 4 is 11.5 Å². The Kier molecular flexibility index (Phi) is 5.31. The lowest BCUT2D eigenvalue weighted by Crippen LogP contribution is -2.14. The van der Waals surface area contributed by atoms with Gasteiger partial charge in [-0.2, -0.15) is 9.61 Å². The van der Waals surface area contributed by atoms with Gasteiger partial charge in [0.25, 0.3) is 0 Å². The highest BCUT2D eigenvalue weighted by molar-refractivity contribution is 5.81. The van der Waals surface area contributed by atoms with E-state index in [4.69, 9.17) is 14.8 Å². The van der Waals surface area contributed by atoms with Crippen molar-refractivity contribution in [1.29, 1.82) is 0 Å². The highest BCUT2D eigenvalue weighted by Crippen LogP contribution is 2.29. The second kappa shape index (κ2) is 7.63. The lowest BCUT2D eigenvalue weighted by atomic mass is 10.0. The zero-order valence-electron chi connectivity index (χ0n) is 14.9. The second-order valence-corrected chi connectivity index (χ2v) is 6.11. The molecule has 0 unspecified atom stereocenters. The van der Waals surface area contributed by atoms with Crippen molar-refractivity contribution in [3.63, 3.8) is 0 Å². The molecule has 0 bridgehead atoms. The highest BCUT2D eigenvalue weighted by Gasteiger charge is 2.15. The first kappa shape index (κ1) is 17.4. The standard InChI is InChI=1S/C19H24N4O2/c1-13-4-6-16(7-5-13)18-15(3)22-23-17(12-14(2)21-19(18)23)20-8-10-25-11-9-24/h4-7,12,20,24H,8-11H2,1-3H3. The molecule has 25 heavy (non-hydrogen) atoms. The Labute approximate surface area is 147 Å². The van der Waals surface area contributed by atoms with E-state index in [1.165, 1.54) is 5.56 Å². The van der Waals surface area contributed by atoms with E-state index in [0.717, 1.165) is 34.0 Å². The summed E-state index contributed by atoms with van der Waals surface area (Å²) >= 11 is 0. The monoisotopic (exact) mass is 340 g/mol. The van der Waals surface area contributed by atoms with Crippen molar-refractivity contribution in [2.75, 3.05) is 31.7 Å². The minimum Gasteiger partial charge on any atom is -0.394 e. The maximum absolute atomic E-state index is 8.75. The number of nitrogens with zero attached hydrogens (tertiary/aromatic N) is 3. The number of fused-ring (bicyclic) bond motifs is 1. The fourth-order valence-corrected chi connectivity index (χ4v) is 2.85. The number of rotatable bonds is 7. The molecule has 2 heterocycles. The first-order valence-electron chi connectivity index (χ1n) is 8.46. The van der Waals surface area contributed by atoms with Crippen LogP contribution in [0.25, 0.3) is 16.8 Å². The Bertz CT molecular complexity index is 856. The van der Waals surface area contributed by atoms with Crippen LogP contribution >= 0.6 is 0 Å². The largest absolute Gasteiger partial charge is 0.394 e. The van der Waals surface area contributed by atoms with Gasteiger partial charge in [-0.05, 0) is 26.3 Å². The summed E-state index contributed by atoms with van der Waals surface area (Å²) in [6, 6.07) is 10.4. The molecule has 6 nitrogen and oxygen atoms in total. The number of nitrogens with one attached hydrogen (secondary N) is 1. The molecule has 0 spiro atoms. The van der Waals surface area contributed by atoms with Crippen LogP contribution < -0.4 is 5.32 Å². The van der Waals surface area contributed by atoms with Gasteiger partial charge in [-0.25, -0.2) is 4.98 Å². The lowest BCUT2D eigenvalue weighted by Gasteiger charge is -2.10. The van der Waals surface area contributed by atoms with Gasteiger partial charge in [0, 0.05) is 23.9 Å². The summed E-state index contributed by atoms with van der Waals surface area (Å²) < 4.78 is 7.15. The van der Waals surface area contributed by atoms with Crippen LogP contribution in [0.3, 0.4) is 0 Å². The van der Waals surface area contributed by atoms with E-state index in [2.05, 4.69) is 41.6 Å². The van der Waals surface area contributed by atoms with E-state index < -0.39 is 0 Å². The molecular formula is C19H24N4O2. The molecule has 0 radical (unpaired) electrons. The number of hydrogen-bond acceptors (Lipinski definition) is 5. The van der Waals surface area contributed by atoms with Crippen LogP contribution in [0, 0.1) is 20.8 Å². The van der Waals surface area contributed by atoms with E-state index >= 15 is 0 Å². The van der Waals surface area contributed by atoms with Crippen LogP contribution in [0.4, 0.5) is 5.82 Å². The molecule has 3 rings (SSSR count). The number of anilines is 1. The summed E-state index contributed by atoms with van der Waals surface area (Å²) in [6.45, 7) is 7.62. The summed E-state index contributed by atoms with van der Waals surface area (Å²) in [5.41, 5.74) is 6.13. The molecule has 3 aromatic rings. The first-order chi connectivity index (χ1) is 12.1. The number of benzene rings is 1. The summed E-state index contributed by atoms with van der Waals surface area (Å²) in [7, 11) is 0. The number of aryl methyl sites for hydroxylation is 3. The van der Waals surface area contributed by atoms with Crippen LogP contribution in [0.2, 0.25) is 0 Å². The van der Waals surface area contributed by atoms with Gasteiger partial charge in [0.05, 0.1) is 25.5 Å². The van der Waals surface area contributed by atoms with Crippen molar-refractivity contribution in [3.8, 4) is 11.1 Å².